The zero-order valence-electron chi connectivity index (χ0n) is 16.5. The van der Waals surface area contributed by atoms with Crippen molar-refractivity contribution in [3.63, 3.8) is 0 Å². The van der Waals surface area contributed by atoms with Gasteiger partial charge >= 0.3 is 12.0 Å². The zero-order valence-corrected chi connectivity index (χ0v) is 20.8. The van der Waals surface area contributed by atoms with Gasteiger partial charge in [0.2, 0.25) is 0 Å². The second-order valence-corrected chi connectivity index (χ2v) is 9.34. The van der Waals surface area contributed by atoms with Gasteiger partial charge in [-0.2, -0.15) is 0 Å². The normalized spacial score (nSPS) is 14.8. The van der Waals surface area contributed by atoms with Crippen LogP contribution in [-0.4, -0.2) is 34.5 Å². The van der Waals surface area contributed by atoms with Gasteiger partial charge in [-0.05, 0) is 85.3 Å². The third-order valence-corrected chi connectivity index (χ3v) is 6.44. The number of carbonyl (C=O) groups is 3. The molecule has 0 spiro atoms. The van der Waals surface area contributed by atoms with E-state index in [-0.39, 0.29) is 5.70 Å². The molecule has 4 rings (SSSR count). The van der Waals surface area contributed by atoms with Crippen LogP contribution >= 0.6 is 45.2 Å². The van der Waals surface area contributed by atoms with Crippen LogP contribution in [0.3, 0.4) is 0 Å². The summed E-state index contributed by atoms with van der Waals surface area (Å²) in [6, 6.07) is 17.2. The fourth-order valence-corrected chi connectivity index (χ4v) is 5.51. The van der Waals surface area contributed by atoms with E-state index in [1.807, 2.05) is 36.4 Å². The number of urea groups is 1. The van der Waals surface area contributed by atoms with Gasteiger partial charge in [-0.3, -0.25) is 9.59 Å². The minimum absolute atomic E-state index is 0.0345. The number of ether oxygens (including phenoxy) is 1. The first kappa shape index (κ1) is 22.5. The SMILES string of the molecule is O=C(O)CN1C(=O)N/C(=C/c2cc(I)c(OCc3cccc4ccccc34)c(I)c2)C1=O. The van der Waals surface area contributed by atoms with Crippen LogP contribution in [0.1, 0.15) is 11.1 Å². The van der Waals surface area contributed by atoms with Gasteiger partial charge < -0.3 is 15.2 Å². The number of carbonyl (C=O) groups excluding carboxylic acids is 2. The average Bonchev–Trinajstić information content (AvgIpc) is 3.00. The molecule has 2 N–H and O–H groups in total. The maximum Gasteiger partial charge on any atom is 0.329 e. The molecule has 1 aliphatic heterocycles. The molecule has 0 aliphatic carbocycles. The Labute approximate surface area is 210 Å². The Kier molecular flexibility index (Phi) is 6.65. The first-order chi connectivity index (χ1) is 15.3. The van der Waals surface area contributed by atoms with Gasteiger partial charge in [0.1, 0.15) is 24.6 Å². The predicted octanol–water partition coefficient (Wildman–Crippen LogP) is 4.61. The number of fused-ring (bicyclic) bond motifs is 1. The number of carboxylic acid groups (broad SMARTS) is 1. The third kappa shape index (κ3) is 4.72. The van der Waals surface area contributed by atoms with Gasteiger partial charge in [-0.15, -0.1) is 0 Å². The summed E-state index contributed by atoms with van der Waals surface area (Å²) in [6.07, 6.45) is 1.53. The third-order valence-electron chi connectivity index (χ3n) is 4.84. The van der Waals surface area contributed by atoms with E-state index in [2.05, 4.69) is 68.7 Å². The van der Waals surface area contributed by atoms with Crippen molar-refractivity contribution in [1.29, 1.82) is 0 Å². The van der Waals surface area contributed by atoms with E-state index < -0.39 is 24.5 Å². The number of rotatable bonds is 6. The molecule has 1 heterocycles. The minimum Gasteiger partial charge on any atom is -0.487 e. The minimum atomic E-state index is -1.26. The average molecular weight is 654 g/mol. The molecule has 162 valence electrons. The summed E-state index contributed by atoms with van der Waals surface area (Å²) >= 11 is 4.34. The molecule has 0 unspecified atom stereocenters. The summed E-state index contributed by atoms with van der Waals surface area (Å²) in [7, 11) is 0. The summed E-state index contributed by atoms with van der Waals surface area (Å²) in [5.74, 6) is -1.19. The second-order valence-electron chi connectivity index (χ2n) is 7.01. The predicted molar refractivity (Wildman–Crippen MR) is 136 cm³/mol. The fraction of sp³-hybridized carbons (Fsp3) is 0.0870. The standard InChI is InChI=1S/C23H16I2N2O5/c24-17-8-13(10-19-22(30)27(11-20(28)29)23(31)26-19)9-18(25)21(17)32-12-15-6-3-5-14-4-1-2-7-16(14)15/h1-10H,11-12H2,(H,26,31)(H,28,29)/b19-10+. The molecule has 32 heavy (non-hydrogen) atoms. The molecule has 0 radical (unpaired) electrons. The van der Waals surface area contributed by atoms with E-state index in [9.17, 15) is 14.4 Å². The highest BCUT2D eigenvalue weighted by Gasteiger charge is 2.34. The van der Waals surface area contributed by atoms with Crippen LogP contribution in [0, 0.1) is 7.14 Å². The molecular formula is C23H16I2N2O5. The molecule has 3 amide bonds. The van der Waals surface area contributed by atoms with Crippen LogP contribution in [0.25, 0.3) is 16.8 Å². The number of nitrogens with one attached hydrogen (secondary N) is 1. The van der Waals surface area contributed by atoms with Crippen molar-refractivity contribution in [2.45, 2.75) is 6.61 Å². The molecule has 0 saturated carbocycles. The van der Waals surface area contributed by atoms with Gasteiger partial charge in [0.05, 0.1) is 7.14 Å². The summed E-state index contributed by atoms with van der Waals surface area (Å²) in [5.41, 5.74) is 1.81. The molecule has 1 fully saturated rings. The Balaban J connectivity index is 1.55. The second kappa shape index (κ2) is 9.45. The largest absolute Gasteiger partial charge is 0.487 e. The van der Waals surface area contributed by atoms with E-state index in [0.29, 0.717) is 17.1 Å². The van der Waals surface area contributed by atoms with Crippen LogP contribution in [0.15, 0.2) is 60.3 Å². The Hall–Kier alpha value is -2.67. The highest BCUT2D eigenvalue weighted by molar-refractivity contribution is 14.1. The lowest BCUT2D eigenvalue weighted by Crippen LogP contribution is -2.35. The number of amides is 3. The lowest BCUT2D eigenvalue weighted by molar-refractivity contribution is -0.140. The van der Waals surface area contributed by atoms with Crippen molar-refractivity contribution in [3.8, 4) is 5.75 Å². The van der Waals surface area contributed by atoms with Crippen molar-refractivity contribution < 1.29 is 24.2 Å². The molecule has 1 saturated heterocycles. The van der Waals surface area contributed by atoms with Crippen molar-refractivity contribution >= 4 is 79.9 Å². The van der Waals surface area contributed by atoms with Crippen LogP contribution in [0.4, 0.5) is 4.79 Å². The quantitative estimate of drug-likeness (QED) is 0.230. The Morgan fingerprint density at radius 1 is 1.06 bits per heavy atom. The van der Waals surface area contributed by atoms with Crippen molar-refractivity contribution in [3.05, 3.63) is 78.6 Å². The molecular weight excluding hydrogens is 638 g/mol. The fourth-order valence-electron chi connectivity index (χ4n) is 3.39. The molecule has 3 aromatic rings. The number of carboxylic acids is 1. The molecule has 9 heteroatoms. The van der Waals surface area contributed by atoms with Gasteiger partial charge in [-0.25, -0.2) is 9.69 Å². The first-order valence-electron chi connectivity index (χ1n) is 9.48. The lowest BCUT2D eigenvalue weighted by Gasteiger charge is -2.13. The number of nitrogens with zero attached hydrogens (tertiary/aromatic N) is 1. The highest BCUT2D eigenvalue weighted by atomic mass is 127. The zero-order chi connectivity index (χ0) is 22.8. The number of aliphatic carboxylic acids is 1. The number of hydrogen-bond acceptors (Lipinski definition) is 4. The summed E-state index contributed by atoms with van der Waals surface area (Å²) in [4.78, 5) is 35.8. The topological polar surface area (TPSA) is 95.9 Å². The number of halogens is 2. The van der Waals surface area contributed by atoms with Gasteiger partial charge in [0, 0.05) is 0 Å². The van der Waals surface area contributed by atoms with E-state index in [4.69, 9.17) is 9.84 Å². The monoisotopic (exact) mass is 654 g/mol. The molecule has 0 atom stereocenters. The lowest BCUT2D eigenvalue weighted by atomic mass is 10.1. The summed E-state index contributed by atoms with van der Waals surface area (Å²) in [6.45, 7) is -0.273. The Morgan fingerprint density at radius 3 is 2.47 bits per heavy atom. The maximum absolute atomic E-state index is 12.3. The van der Waals surface area contributed by atoms with Gasteiger partial charge in [-0.1, -0.05) is 42.5 Å². The molecule has 1 aliphatic rings. The van der Waals surface area contributed by atoms with Crippen LogP contribution < -0.4 is 10.1 Å². The van der Waals surface area contributed by atoms with Crippen LogP contribution in [0.2, 0.25) is 0 Å². The molecule has 0 aromatic heterocycles. The van der Waals surface area contributed by atoms with Crippen molar-refractivity contribution in [1.82, 2.24) is 10.2 Å². The van der Waals surface area contributed by atoms with Crippen molar-refractivity contribution in [2.24, 2.45) is 0 Å². The summed E-state index contributed by atoms with van der Waals surface area (Å²) < 4.78 is 7.84. The van der Waals surface area contributed by atoms with E-state index in [1.165, 1.54) is 6.08 Å². The number of benzene rings is 3. The smallest absolute Gasteiger partial charge is 0.329 e. The number of imide groups is 1. The van der Waals surface area contributed by atoms with Gasteiger partial charge in [0.25, 0.3) is 5.91 Å². The molecule has 7 nitrogen and oxygen atoms in total. The van der Waals surface area contributed by atoms with Crippen LogP contribution in [0.5, 0.6) is 5.75 Å². The van der Waals surface area contributed by atoms with Gasteiger partial charge in [0.15, 0.2) is 0 Å². The van der Waals surface area contributed by atoms with E-state index >= 15 is 0 Å². The summed E-state index contributed by atoms with van der Waals surface area (Å²) in [5, 5.41) is 13.6. The molecule has 0 bridgehead atoms. The highest BCUT2D eigenvalue weighted by Crippen LogP contribution is 2.31. The van der Waals surface area contributed by atoms with E-state index in [1.54, 1.807) is 0 Å². The maximum atomic E-state index is 12.3. The van der Waals surface area contributed by atoms with Crippen molar-refractivity contribution in [2.75, 3.05) is 6.54 Å². The molecule has 3 aromatic carbocycles. The first-order valence-corrected chi connectivity index (χ1v) is 11.6. The number of hydrogen-bond donors (Lipinski definition) is 2. The van der Waals surface area contributed by atoms with Crippen LogP contribution in [-0.2, 0) is 16.2 Å². The Morgan fingerprint density at radius 2 is 1.75 bits per heavy atom. The van der Waals surface area contributed by atoms with E-state index in [0.717, 1.165) is 29.2 Å². The Bertz CT molecular complexity index is 1260.